The van der Waals surface area contributed by atoms with Crippen LogP contribution >= 0.6 is 0 Å². The van der Waals surface area contributed by atoms with Gasteiger partial charge in [-0.3, -0.25) is 9.88 Å². The number of nitrogens with one attached hydrogen (secondary N) is 1. The van der Waals surface area contributed by atoms with Crippen LogP contribution in [0.1, 0.15) is 30.0 Å². The Balaban J connectivity index is 1.29. The summed E-state index contributed by atoms with van der Waals surface area (Å²) in [6.07, 6.45) is 5.92. The van der Waals surface area contributed by atoms with Crippen molar-refractivity contribution in [3.05, 3.63) is 66.0 Å². The van der Waals surface area contributed by atoms with Gasteiger partial charge in [0.05, 0.1) is 12.1 Å². The van der Waals surface area contributed by atoms with Crippen LogP contribution in [0, 0.1) is 0 Å². The van der Waals surface area contributed by atoms with Crippen LogP contribution in [-0.4, -0.2) is 59.7 Å². The van der Waals surface area contributed by atoms with Gasteiger partial charge in [0.25, 0.3) is 0 Å². The topological polar surface area (TPSA) is 57.7 Å². The third kappa shape index (κ3) is 4.03. The van der Waals surface area contributed by atoms with Crippen LogP contribution < -0.4 is 5.32 Å². The Morgan fingerprint density at radius 1 is 1.14 bits per heavy atom. The molecule has 2 aromatic rings. The zero-order valence-electron chi connectivity index (χ0n) is 16.3. The first kappa shape index (κ1) is 18.9. The molecule has 148 valence electrons. The van der Waals surface area contributed by atoms with Crippen LogP contribution in [0.2, 0.25) is 0 Å². The molecule has 2 fully saturated rings. The van der Waals surface area contributed by atoms with Gasteiger partial charge in [-0.2, -0.15) is 0 Å². The van der Waals surface area contributed by atoms with Crippen molar-refractivity contribution in [1.82, 2.24) is 20.1 Å². The van der Waals surface area contributed by atoms with Crippen molar-refractivity contribution in [1.29, 1.82) is 0 Å². The molecule has 0 radical (unpaired) electrons. The highest BCUT2D eigenvalue weighted by atomic mass is 16.5. The molecule has 4 rings (SSSR count). The summed E-state index contributed by atoms with van der Waals surface area (Å²) in [5.41, 5.74) is 2.38. The SMILES string of the molecule is CO[C@H]1CN(C2CCN(C(=O)NCc3ccccc3)CC2)[C@H]1c1ccncc1. The fraction of sp³-hybridized carbons (Fsp3) is 0.455. The molecular weight excluding hydrogens is 352 g/mol. The van der Waals surface area contributed by atoms with Crippen molar-refractivity contribution in [2.24, 2.45) is 0 Å². The molecule has 2 amide bonds. The van der Waals surface area contributed by atoms with E-state index in [4.69, 9.17) is 4.74 Å². The number of likely N-dealkylation sites (tertiary alicyclic amines) is 2. The Kier molecular flexibility index (Phi) is 5.88. The maximum Gasteiger partial charge on any atom is 0.317 e. The number of pyridine rings is 1. The minimum absolute atomic E-state index is 0.0337. The van der Waals surface area contributed by atoms with Gasteiger partial charge in [-0.1, -0.05) is 30.3 Å². The lowest BCUT2D eigenvalue weighted by Crippen LogP contribution is -2.60. The van der Waals surface area contributed by atoms with Gasteiger partial charge < -0.3 is 15.0 Å². The lowest BCUT2D eigenvalue weighted by Gasteiger charge is -2.53. The zero-order valence-corrected chi connectivity index (χ0v) is 16.3. The molecule has 2 saturated heterocycles. The van der Waals surface area contributed by atoms with Gasteiger partial charge in [0, 0.05) is 51.7 Å². The number of benzene rings is 1. The van der Waals surface area contributed by atoms with Crippen LogP contribution in [0.25, 0.3) is 0 Å². The van der Waals surface area contributed by atoms with Gasteiger partial charge in [-0.15, -0.1) is 0 Å². The zero-order chi connectivity index (χ0) is 19.3. The Morgan fingerprint density at radius 3 is 2.54 bits per heavy atom. The minimum Gasteiger partial charge on any atom is -0.378 e. The van der Waals surface area contributed by atoms with Crippen molar-refractivity contribution < 1.29 is 9.53 Å². The van der Waals surface area contributed by atoms with Gasteiger partial charge in [0.2, 0.25) is 0 Å². The highest BCUT2D eigenvalue weighted by Crippen LogP contribution is 2.39. The van der Waals surface area contributed by atoms with Crippen LogP contribution in [-0.2, 0) is 11.3 Å². The minimum atomic E-state index is 0.0337. The molecule has 3 heterocycles. The number of carbonyl (C=O) groups excluding carboxylic acids is 1. The Bertz CT molecular complexity index is 763. The molecule has 2 aliphatic rings. The molecule has 0 saturated carbocycles. The molecule has 1 aromatic heterocycles. The summed E-state index contributed by atoms with van der Waals surface area (Å²) in [6, 6.07) is 15.0. The molecule has 0 bridgehead atoms. The number of nitrogens with zero attached hydrogens (tertiary/aromatic N) is 3. The summed E-state index contributed by atoms with van der Waals surface area (Å²) >= 11 is 0. The Labute approximate surface area is 166 Å². The predicted molar refractivity (Wildman–Crippen MR) is 108 cm³/mol. The van der Waals surface area contributed by atoms with Crippen LogP contribution in [0.5, 0.6) is 0 Å². The van der Waals surface area contributed by atoms with Gasteiger partial charge >= 0.3 is 6.03 Å². The largest absolute Gasteiger partial charge is 0.378 e. The fourth-order valence-electron chi connectivity index (χ4n) is 4.33. The van der Waals surface area contributed by atoms with E-state index in [1.165, 1.54) is 5.56 Å². The number of hydrogen-bond donors (Lipinski definition) is 1. The molecule has 1 aromatic carbocycles. The lowest BCUT2D eigenvalue weighted by molar-refractivity contribution is -0.115. The molecule has 2 aliphatic heterocycles. The van der Waals surface area contributed by atoms with Crippen molar-refractivity contribution in [2.45, 2.75) is 37.6 Å². The first-order valence-corrected chi connectivity index (χ1v) is 10.0. The number of rotatable bonds is 5. The number of ether oxygens (including phenoxy) is 1. The molecular formula is C22H28N4O2. The van der Waals surface area contributed by atoms with Crippen LogP contribution in [0.15, 0.2) is 54.9 Å². The molecule has 6 heteroatoms. The van der Waals surface area contributed by atoms with E-state index in [1.807, 2.05) is 47.6 Å². The maximum atomic E-state index is 12.5. The number of aromatic nitrogens is 1. The Morgan fingerprint density at radius 2 is 1.86 bits per heavy atom. The van der Waals surface area contributed by atoms with Gasteiger partial charge in [-0.25, -0.2) is 4.79 Å². The summed E-state index contributed by atoms with van der Waals surface area (Å²) in [5.74, 6) is 0. The third-order valence-corrected chi connectivity index (χ3v) is 5.96. The number of urea groups is 1. The van der Waals surface area contributed by atoms with E-state index in [-0.39, 0.29) is 18.2 Å². The number of piperidine rings is 1. The van der Waals surface area contributed by atoms with Crippen molar-refractivity contribution in [3.8, 4) is 0 Å². The average Bonchev–Trinajstić information content (AvgIpc) is 2.74. The first-order chi connectivity index (χ1) is 13.8. The molecule has 28 heavy (non-hydrogen) atoms. The monoisotopic (exact) mass is 380 g/mol. The number of carbonyl (C=O) groups is 1. The summed E-state index contributed by atoms with van der Waals surface area (Å²) in [5, 5.41) is 3.04. The smallest absolute Gasteiger partial charge is 0.317 e. The van der Waals surface area contributed by atoms with E-state index in [1.54, 1.807) is 7.11 Å². The predicted octanol–water partition coefficient (Wildman–Crippen LogP) is 2.83. The van der Waals surface area contributed by atoms with E-state index < -0.39 is 0 Å². The highest BCUT2D eigenvalue weighted by Gasteiger charge is 2.44. The summed E-state index contributed by atoms with van der Waals surface area (Å²) in [7, 11) is 1.79. The second-order valence-corrected chi connectivity index (χ2v) is 7.56. The van der Waals surface area contributed by atoms with Gasteiger partial charge in [0.15, 0.2) is 0 Å². The van der Waals surface area contributed by atoms with E-state index >= 15 is 0 Å². The lowest BCUT2D eigenvalue weighted by atomic mass is 9.87. The van der Waals surface area contributed by atoms with E-state index in [2.05, 4.69) is 27.3 Å². The first-order valence-electron chi connectivity index (χ1n) is 10.0. The molecule has 6 nitrogen and oxygen atoms in total. The van der Waals surface area contributed by atoms with E-state index in [0.29, 0.717) is 12.6 Å². The number of hydrogen-bond acceptors (Lipinski definition) is 4. The van der Waals surface area contributed by atoms with E-state index in [9.17, 15) is 4.79 Å². The average molecular weight is 380 g/mol. The highest BCUT2D eigenvalue weighted by molar-refractivity contribution is 5.74. The molecule has 2 atom stereocenters. The summed E-state index contributed by atoms with van der Waals surface area (Å²) in [6.45, 7) is 3.12. The third-order valence-electron chi connectivity index (χ3n) is 5.96. The normalized spacial score (nSPS) is 23.2. The van der Waals surface area contributed by atoms with Crippen LogP contribution in [0.3, 0.4) is 0 Å². The molecule has 1 N–H and O–H groups in total. The molecule has 0 aliphatic carbocycles. The van der Waals surface area contributed by atoms with Crippen LogP contribution in [0.4, 0.5) is 4.79 Å². The van der Waals surface area contributed by atoms with Crippen molar-refractivity contribution >= 4 is 6.03 Å². The second-order valence-electron chi connectivity index (χ2n) is 7.56. The number of methoxy groups -OCH3 is 1. The van der Waals surface area contributed by atoms with Gasteiger partial charge in [-0.05, 0) is 36.1 Å². The second kappa shape index (κ2) is 8.71. The van der Waals surface area contributed by atoms with Crippen molar-refractivity contribution in [3.63, 3.8) is 0 Å². The maximum absolute atomic E-state index is 12.5. The standard InChI is InChI=1S/C22H28N4O2/c1-28-20-16-26(21(20)18-7-11-23-12-8-18)19-9-13-25(14-10-19)22(27)24-15-17-5-3-2-4-6-17/h2-8,11-12,19-21H,9-10,13-16H2,1H3,(H,24,27)/t20-,21-/m0/s1. The summed E-state index contributed by atoms with van der Waals surface area (Å²) < 4.78 is 5.67. The molecule has 0 spiro atoms. The van der Waals surface area contributed by atoms with Gasteiger partial charge in [0.1, 0.15) is 0 Å². The molecule has 0 unspecified atom stereocenters. The Hall–Kier alpha value is -2.44. The van der Waals surface area contributed by atoms with Crippen molar-refractivity contribution in [2.75, 3.05) is 26.7 Å². The van der Waals surface area contributed by atoms with E-state index in [0.717, 1.165) is 38.0 Å². The number of amides is 2. The quantitative estimate of drug-likeness (QED) is 0.867. The fourth-order valence-corrected chi connectivity index (χ4v) is 4.33. The summed E-state index contributed by atoms with van der Waals surface area (Å²) in [4.78, 5) is 21.1.